The van der Waals surface area contributed by atoms with Gasteiger partial charge in [-0.3, -0.25) is 0 Å². The second-order valence-corrected chi connectivity index (χ2v) is 3.48. The Bertz CT molecular complexity index is 103. The number of hydrogen-bond acceptors (Lipinski definition) is 2. The lowest BCUT2D eigenvalue weighted by atomic mass is 10.1. The fourth-order valence-electron chi connectivity index (χ4n) is 1.68. The highest BCUT2D eigenvalue weighted by Gasteiger charge is 2.24. The predicted molar refractivity (Wildman–Crippen MR) is 41.9 cm³/mol. The van der Waals surface area contributed by atoms with E-state index in [1.54, 1.807) is 0 Å². The zero-order valence-electron chi connectivity index (χ0n) is 6.88. The highest BCUT2D eigenvalue weighted by molar-refractivity contribution is 4.79. The molecule has 0 saturated heterocycles. The fourth-order valence-corrected chi connectivity index (χ4v) is 1.68. The lowest BCUT2D eigenvalue weighted by molar-refractivity contribution is 0.216. The summed E-state index contributed by atoms with van der Waals surface area (Å²) in [6.45, 7) is 0.379. The average Bonchev–Trinajstić information content (AvgIpc) is 2.34. The molecule has 0 radical (unpaired) electrons. The second kappa shape index (κ2) is 3.35. The molecule has 60 valence electrons. The number of nitrogens with zero attached hydrogens (tertiary/aromatic N) is 1. The van der Waals surface area contributed by atoms with Crippen LogP contribution in [0, 0.1) is 5.92 Å². The molecule has 0 aromatic carbocycles. The Morgan fingerprint density at radius 2 is 2.10 bits per heavy atom. The lowest BCUT2D eigenvalue weighted by Crippen LogP contribution is -2.25. The summed E-state index contributed by atoms with van der Waals surface area (Å²) in [5.74, 6) is 0.576. The Balaban J connectivity index is 2.28. The molecule has 0 heterocycles. The first kappa shape index (κ1) is 8.02. The van der Waals surface area contributed by atoms with Gasteiger partial charge in [0.2, 0.25) is 0 Å². The van der Waals surface area contributed by atoms with Crippen LogP contribution in [0.2, 0.25) is 0 Å². The zero-order chi connectivity index (χ0) is 7.56. The number of rotatable bonds is 2. The topological polar surface area (TPSA) is 23.5 Å². The largest absolute Gasteiger partial charge is 0.396 e. The van der Waals surface area contributed by atoms with Gasteiger partial charge in [0.05, 0.1) is 0 Å². The molecule has 2 nitrogen and oxygen atoms in total. The van der Waals surface area contributed by atoms with Gasteiger partial charge in [-0.25, -0.2) is 0 Å². The van der Waals surface area contributed by atoms with Crippen LogP contribution in [0.4, 0.5) is 0 Å². The molecule has 2 heteroatoms. The Hall–Kier alpha value is -0.0800. The Morgan fingerprint density at radius 3 is 2.40 bits per heavy atom. The number of aliphatic hydroxyl groups is 1. The third-order valence-electron chi connectivity index (χ3n) is 2.50. The van der Waals surface area contributed by atoms with E-state index in [4.69, 9.17) is 5.11 Å². The summed E-state index contributed by atoms with van der Waals surface area (Å²) in [7, 11) is 4.23. The highest BCUT2D eigenvalue weighted by Crippen LogP contribution is 2.27. The van der Waals surface area contributed by atoms with Crippen molar-refractivity contribution in [1.29, 1.82) is 0 Å². The van der Waals surface area contributed by atoms with Gasteiger partial charge in [0.1, 0.15) is 0 Å². The molecule has 1 aliphatic carbocycles. The van der Waals surface area contributed by atoms with E-state index in [0.29, 0.717) is 12.5 Å². The van der Waals surface area contributed by atoms with Gasteiger partial charge in [-0.15, -0.1) is 0 Å². The normalized spacial score (nSPS) is 33.6. The van der Waals surface area contributed by atoms with Crippen LogP contribution in [-0.4, -0.2) is 36.8 Å². The molecule has 1 N–H and O–H groups in total. The molecular weight excluding hydrogens is 126 g/mol. The summed E-state index contributed by atoms with van der Waals surface area (Å²) < 4.78 is 0. The SMILES string of the molecule is CN(C)[C@H]1CC[C@@H](CO)C1. The Labute approximate surface area is 62.8 Å². The smallest absolute Gasteiger partial charge is 0.0459 e. The van der Waals surface area contributed by atoms with Crippen LogP contribution in [0.25, 0.3) is 0 Å². The maximum Gasteiger partial charge on any atom is 0.0459 e. The van der Waals surface area contributed by atoms with Crippen molar-refractivity contribution in [2.45, 2.75) is 25.3 Å². The van der Waals surface area contributed by atoms with Gasteiger partial charge in [-0.2, -0.15) is 0 Å². The van der Waals surface area contributed by atoms with E-state index in [1.807, 2.05) is 0 Å². The summed E-state index contributed by atoms with van der Waals surface area (Å²) in [6, 6.07) is 0.720. The van der Waals surface area contributed by atoms with Crippen molar-refractivity contribution in [3.63, 3.8) is 0 Å². The Kier molecular flexibility index (Phi) is 2.69. The fraction of sp³-hybridized carbons (Fsp3) is 1.00. The monoisotopic (exact) mass is 143 g/mol. The number of aliphatic hydroxyl groups excluding tert-OH is 1. The molecule has 0 aliphatic heterocycles. The van der Waals surface area contributed by atoms with Crippen LogP contribution >= 0.6 is 0 Å². The van der Waals surface area contributed by atoms with Crippen molar-refractivity contribution >= 4 is 0 Å². The van der Waals surface area contributed by atoms with Gasteiger partial charge in [-0.1, -0.05) is 0 Å². The summed E-state index contributed by atoms with van der Waals surface area (Å²) >= 11 is 0. The third kappa shape index (κ3) is 1.70. The zero-order valence-corrected chi connectivity index (χ0v) is 6.88. The third-order valence-corrected chi connectivity index (χ3v) is 2.50. The molecule has 2 atom stereocenters. The Morgan fingerprint density at radius 1 is 1.40 bits per heavy atom. The summed E-state index contributed by atoms with van der Waals surface area (Å²) in [5, 5.41) is 8.85. The summed E-state index contributed by atoms with van der Waals surface area (Å²) in [5.41, 5.74) is 0. The summed E-state index contributed by atoms with van der Waals surface area (Å²) in [4.78, 5) is 2.26. The molecule has 0 aromatic rings. The van der Waals surface area contributed by atoms with Crippen molar-refractivity contribution in [3.8, 4) is 0 Å². The van der Waals surface area contributed by atoms with E-state index < -0.39 is 0 Å². The molecule has 10 heavy (non-hydrogen) atoms. The quantitative estimate of drug-likeness (QED) is 0.615. The minimum atomic E-state index is 0.379. The van der Waals surface area contributed by atoms with E-state index in [2.05, 4.69) is 19.0 Å². The highest BCUT2D eigenvalue weighted by atomic mass is 16.3. The molecule has 1 aliphatic rings. The van der Waals surface area contributed by atoms with E-state index >= 15 is 0 Å². The number of hydrogen-bond donors (Lipinski definition) is 1. The van der Waals surface area contributed by atoms with Gasteiger partial charge >= 0.3 is 0 Å². The minimum Gasteiger partial charge on any atom is -0.396 e. The van der Waals surface area contributed by atoms with E-state index in [-0.39, 0.29) is 0 Å². The van der Waals surface area contributed by atoms with E-state index in [0.717, 1.165) is 6.04 Å². The van der Waals surface area contributed by atoms with Crippen molar-refractivity contribution in [3.05, 3.63) is 0 Å². The lowest BCUT2D eigenvalue weighted by Gasteiger charge is -2.18. The maximum atomic E-state index is 8.85. The van der Waals surface area contributed by atoms with Crippen LogP contribution in [0.3, 0.4) is 0 Å². The van der Waals surface area contributed by atoms with Crippen LogP contribution in [0.15, 0.2) is 0 Å². The summed E-state index contributed by atoms with van der Waals surface area (Å²) in [6.07, 6.45) is 3.65. The van der Waals surface area contributed by atoms with Gasteiger partial charge < -0.3 is 10.0 Å². The van der Waals surface area contributed by atoms with Crippen molar-refractivity contribution in [1.82, 2.24) is 4.90 Å². The first-order valence-electron chi connectivity index (χ1n) is 4.01. The molecule has 0 bridgehead atoms. The first-order valence-corrected chi connectivity index (χ1v) is 4.01. The molecule has 0 unspecified atom stereocenters. The van der Waals surface area contributed by atoms with Gasteiger partial charge in [-0.05, 0) is 39.3 Å². The molecule has 1 rings (SSSR count). The van der Waals surface area contributed by atoms with Crippen LogP contribution in [0.1, 0.15) is 19.3 Å². The van der Waals surface area contributed by atoms with Crippen LogP contribution < -0.4 is 0 Å². The van der Waals surface area contributed by atoms with Gasteiger partial charge in [0.15, 0.2) is 0 Å². The molecule has 0 spiro atoms. The first-order chi connectivity index (χ1) is 4.74. The van der Waals surface area contributed by atoms with Crippen LogP contribution in [-0.2, 0) is 0 Å². The van der Waals surface area contributed by atoms with Crippen molar-refractivity contribution < 1.29 is 5.11 Å². The van der Waals surface area contributed by atoms with E-state index in [1.165, 1.54) is 19.3 Å². The van der Waals surface area contributed by atoms with E-state index in [9.17, 15) is 0 Å². The van der Waals surface area contributed by atoms with Gasteiger partial charge in [0, 0.05) is 12.6 Å². The molecule has 1 fully saturated rings. The van der Waals surface area contributed by atoms with Crippen molar-refractivity contribution in [2.24, 2.45) is 5.92 Å². The van der Waals surface area contributed by atoms with Crippen molar-refractivity contribution in [2.75, 3.05) is 20.7 Å². The minimum absolute atomic E-state index is 0.379. The predicted octanol–water partition coefficient (Wildman–Crippen LogP) is 0.709. The molecule has 1 saturated carbocycles. The molecule has 0 aromatic heterocycles. The van der Waals surface area contributed by atoms with Crippen LogP contribution in [0.5, 0.6) is 0 Å². The molecular formula is C8H17NO. The average molecular weight is 143 g/mol. The second-order valence-electron chi connectivity index (χ2n) is 3.48. The van der Waals surface area contributed by atoms with Gasteiger partial charge in [0.25, 0.3) is 0 Å². The maximum absolute atomic E-state index is 8.85. The molecule has 0 amide bonds. The standard InChI is InChI=1S/C8H17NO/c1-9(2)8-4-3-7(5-8)6-10/h7-8,10H,3-6H2,1-2H3/t7-,8+/m1/s1.